The van der Waals surface area contributed by atoms with E-state index in [1.807, 2.05) is 60.7 Å². The number of nitrogens with one attached hydrogen (secondary N) is 2. The monoisotopic (exact) mass is 491 g/mol. The van der Waals surface area contributed by atoms with Gasteiger partial charge in [0.2, 0.25) is 5.91 Å². The number of rotatable bonds is 9. The molecule has 1 atom stereocenters. The van der Waals surface area contributed by atoms with E-state index in [-0.39, 0.29) is 12.2 Å². The Morgan fingerprint density at radius 3 is 2.43 bits per heavy atom. The summed E-state index contributed by atoms with van der Waals surface area (Å²) in [7, 11) is 0. The van der Waals surface area contributed by atoms with Crippen molar-refractivity contribution in [1.82, 2.24) is 10.2 Å². The first kappa shape index (κ1) is 24.2. The molecule has 2 heterocycles. The number of carbonyl (C=O) groups excluding carboxylic acids is 4. The molecule has 0 radical (unpaired) electrons. The van der Waals surface area contributed by atoms with Gasteiger partial charge in [0, 0.05) is 10.9 Å². The van der Waals surface area contributed by atoms with Crippen molar-refractivity contribution in [2.45, 2.75) is 25.8 Å². The maximum absolute atomic E-state index is 12.8. The molecule has 35 heavy (non-hydrogen) atoms. The Balaban J connectivity index is 1.44. The van der Waals surface area contributed by atoms with Crippen molar-refractivity contribution in [3.63, 3.8) is 0 Å². The third kappa shape index (κ3) is 5.58. The first-order valence-electron chi connectivity index (χ1n) is 11.3. The quantitative estimate of drug-likeness (QED) is 0.347. The van der Waals surface area contributed by atoms with Crippen LogP contribution in [0.1, 0.15) is 29.3 Å². The largest absolute Gasteiger partial charge is 0.462 e. The molecule has 1 fully saturated rings. The molecular formula is C26H25N3O5S. The van der Waals surface area contributed by atoms with Crippen molar-refractivity contribution in [2.75, 3.05) is 18.5 Å². The average Bonchev–Trinajstić information content (AvgIpc) is 3.40. The van der Waals surface area contributed by atoms with E-state index >= 15 is 0 Å². The molecule has 8 nitrogen and oxygen atoms in total. The van der Waals surface area contributed by atoms with E-state index in [0.29, 0.717) is 23.4 Å². The predicted molar refractivity (Wildman–Crippen MR) is 133 cm³/mol. The molecule has 1 aliphatic heterocycles. The molecule has 3 aromatic rings. The Morgan fingerprint density at radius 1 is 1.06 bits per heavy atom. The summed E-state index contributed by atoms with van der Waals surface area (Å²) in [5.74, 6) is -1.58. The minimum absolute atomic E-state index is 0.184. The van der Waals surface area contributed by atoms with Crippen molar-refractivity contribution >= 4 is 40.2 Å². The van der Waals surface area contributed by atoms with Gasteiger partial charge in [-0.05, 0) is 30.9 Å². The third-order valence-corrected chi connectivity index (χ3v) is 6.48. The van der Waals surface area contributed by atoms with Crippen molar-refractivity contribution in [2.24, 2.45) is 0 Å². The van der Waals surface area contributed by atoms with Gasteiger partial charge in [-0.2, -0.15) is 0 Å². The van der Waals surface area contributed by atoms with Crippen LogP contribution < -0.4 is 10.6 Å². The van der Waals surface area contributed by atoms with Crippen LogP contribution in [0.4, 0.5) is 9.80 Å². The number of ether oxygens (including phenoxy) is 1. The number of hydrogen-bond acceptors (Lipinski definition) is 6. The van der Waals surface area contributed by atoms with Gasteiger partial charge < -0.3 is 15.4 Å². The second kappa shape index (κ2) is 11.0. The topological polar surface area (TPSA) is 105 Å². The minimum Gasteiger partial charge on any atom is -0.462 e. The van der Waals surface area contributed by atoms with Crippen LogP contribution in [0.3, 0.4) is 0 Å². The van der Waals surface area contributed by atoms with E-state index in [1.54, 1.807) is 12.3 Å². The van der Waals surface area contributed by atoms with E-state index in [9.17, 15) is 19.2 Å². The first-order valence-corrected chi connectivity index (χ1v) is 12.2. The molecule has 9 heteroatoms. The van der Waals surface area contributed by atoms with Gasteiger partial charge in [-0.15, -0.1) is 11.3 Å². The first-order chi connectivity index (χ1) is 17.0. The van der Waals surface area contributed by atoms with E-state index < -0.39 is 36.4 Å². The fourth-order valence-electron chi connectivity index (χ4n) is 3.87. The number of anilines is 1. The van der Waals surface area contributed by atoms with Crippen molar-refractivity contribution in [1.29, 1.82) is 0 Å². The fraction of sp³-hybridized carbons (Fsp3) is 0.231. The van der Waals surface area contributed by atoms with Crippen LogP contribution in [0.15, 0.2) is 66.0 Å². The molecule has 4 rings (SSSR count). The lowest BCUT2D eigenvalue weighted by Crippen LogP contribution is -2.38. The number of aryl methyl sites for hydroxylation is 1. The number of carbonyl (C=O) groups is 4. The average molecular weight is 492 g/mol. The number of thiophene rings is 1. The molecule has 180 valence electrons. The van der Waals surface area contributed by atoms with Gasteiger partial charge in [-0.25, -0.2) is 9.59 Å². The standard InChI is InChI=1S/C26H25N3O5S/c1-2-34-25(32)22-19(18-11-7-4-8-12-18)16-35-23(22)28-21(30)15-29-24(31)20(27-26(29)33)14-13-17-9-5-3-6-10-17/h3-12,16,20H,2,13-15H2,1H3,(H,27,33)(H,28,30). The van der Waals surface area contributed by atoms with Crippen LogP contribution in [-0.4, -0.2) is 47.9 Å². The molecule has 1 saturated heterocycles. The van der Waals surface area contributed by atoms with E-state index in [1.165, 1.54) is 11.3 Å². The Hall–Kier alpha value is -3.98. The molecule has 1 aromatic heterocycles. The van der Waals surface area contributed by atoms with Gasteiger partial charge in [0.25, 0.3) is 5.91 Å². The lowest BCUT2D eigenvalue weighted by atomic mass is 10.0. The van der Waals surface area contributed by atoms with Crippen LogP contribution in [-0.2, 0) is 20.7 Å². The minimum atomic E-state index is -0.683. The molecule has 1 unspecified atom stereocenters. The number of hydrogen-bond donors (Lipinski definition) is 2. The van der Waals surface area contributed by atoms with Gasteiger partial charge >= 0.3 is 12.0 Å². The van der Waals surface area contributed by atoms with E-state index in [2.05, 4.69) is 10.6 Å². The molecule has 0 saturated carbocycles. The maximum Gasteiger partial charge on any atom is 0.341 e. The summed E-state index contributed by atoms with van der Waals surface area (Å²) < 4.78 is 5.20. The van der Waals surface area contributed by atoms with Gasteiger partial charge in [0.05, 0.1) is 6.61 Å². The number of nitrogens with zero attached hydrogens (tertiary/aromatic N) is 1. The van der Waals surface area contributed by atoms with Gasteiger partial charge in [0.15, 0.2) is 0 Å². The van der Waals surface area contributed by atoms with Crippen LogP contribution in [0, 0.1) is 0 Å². The molecule has 0 aliphatic carbocycles. The Kier molecular flexibility index (Phi) is 7.57. The second-order valence-electron chi connectivity index (χ2n) is 7.94. The third-order valence-electron chi connectivity index (χ3n) is 5.58. The number of esters is 1. The number of benzene rings is 2. The summed E-state index contributed by atoms with van der Waals surface area (Å²) in [6.07, 6.45) is 1.06. The highest BCUT2D eigenvalue weighted by molar-refractivity contribution is 7.15. The number of imide groups is 1. The lowest BCUT2D eigenvalue weighted by Gasteiger charge is -2.13. The highest BCUT2D eigenvalue weighted by Gasteiger charge is 2.38. The molecular weight excluding hydrogens is 466 g/mol. The lowest BCUT2D eigenvalue weighted by molar-refractivity contribution is -0.130. The zero-order chi connectivity index (χ0) is 24.8. The summed E-state index contributed by atoms with van der Waals surface area (Å²) in [6.45, 7) is 1.44. The highest BCUT2D eigenvalue weighted by Crippen LogP contribution is 2.36. The van der Waals surface area contributed by atoms with Crippen LogP contribution in [0.5, 0.6) is 0 Å². The summed E-state index contributed by atoms with van der Waals surface area (Å²) in [6, 6.07) is 17.7. The molecule has 0 spiro atoms. The van der Waals surface area contributed by atoms with Crippen molar-refractivity contribution in [3.8, 4) is 11.1 Å². The SMILES string of the molecule is CCOC(=O)c1c(-c2ccccc2)csc1NC(=O)CN1C(=O)NC(CCc2ccccc2)C1=O. The van der Waals surface area contributed by atoms with Gasteiger partial charge in [-0.3, -0.25) is 14.5 Å². The second-order valence-corrected chi connectivity index (χ2v) is 8.82. The molecule has 4 amide bonds. The zero-order valence-corrected chi connectivity index (χ0v) is 20.0. The normalized spacial score (nSPS) is 15.1. The Bertz CT molecular complexity index is 1230. The van der Waals surface area contributed by atoms with Crippen LogP contribution in [0.25, 0.3) is 11.1 Å². The Morgan fingerprint density at radius 2 is 1.74 bits per heavy atom. The van der Waals surface area contributed by atoms with Crippen molar-refractivity contribution < 1.29 is 23.9 Å². The summed E-state index contributed by atoms with van der Waals surface area (Å²) in [5, 5.41) is 7.41. The van der Waals surface area contributed by atoms with Gasteiger partial charge in [0.1, 0.15) is 23.2 Å². The summed E-state index contributed by atoms with van der Waals surface area (Å²) >= 11 is 1.18. The Labute approximate surface area is 206 Å². The molecule has 1 aliphatic rings. The van der Waals surface area contributed by atoms with Crippen LogP contribution >= 0.6 is 11.3 Å². The van der Waals surface area contributed by atoms with Crippen molar-refractivity contribution in [3.05, 3.63) is 77.2 Å². The smallest absolute Gasteiger partial charge is 0.341 e. The molecule has 2 aromatic carbocycles. The highest BCUT2D eigenvalue weighted by atomic mass is 32.1. The number of amides is 4. The summed E-state index contributed by atoms with van der Waals surface area (Å²) in [5.41, 5.74) is 2.75. The van der Waals surface area contributed by atoms with E-state index in [0.717, 1.165) is 16.0 Å². The fourth-order valence-corrected chi connectivity index (χ4v) is 4.85. The van der Waals surface area contributed by atoms with E-state index in [4.69, 9.17) is 4.74 Å². The summed E-state index contributed by atoms with van der Waals surface area (Å²) in [4.78, 5) is 51.5. The number of urea groups is 1. The molecule has 0 bridgehead atoms. The zero-order valence-electron chi connectivity index (χ0n) is 19.2. The molecule has 2 N–H and O–H groups in total. The maximum atomic E-state index is 12.8. The van der Waals surface area contributed by atoms with Gasteiger partial charge in [-0.1, -0.05) is 60.7 Å². The van der Waals surface area contributed by atoms with Crippen LogP contribution in [0.2, 0.25) is 0 Å². The predicted octanol–water partition coefficient (Wildman–Crippen LogP) is 4.08.